The lowest BCUT2D eigenvalue weighted by Gasteiger charge is -1.94. The van der Waals surface area contributed by atoms with Crippen LogP contribution in [-0.2, 0) is 0 Å². The van der Waals surface area contributed by atoms with Gasteiger partial charge in [0.1, 0.15) is 5.69 Å². The van der Waals surface area contributed by atoms with Crippen molar-refractivity contribution < 1.29 is 4.79 Å². The Hall–Kier alpha value is -2.20. The summed E-state index contributed by atoms with van der Waals surface area (Å²) in [4.78, 5) is 15.4. The lowest BCUT2D eigenvalue weighted by Crippen LogP contribution is -1.92. The van der Waals surface area contributed by atoms with E-state index in [0.717, 1.165) is 16.9 Å². The molecule has 2 aromatic heterocycles. The molecule has 0 bridgehead atoms. The molecule has 0 N–H and O–H groups in total. The summed E-state index contributed by atoms with van der Waals surface area (Å²) in [6.45, 7) is 0. The zero-order valence-corrected chi connectivity index (χ0v) is 12.4. The first-order chi connectivity index (χ1) is 9.74. The van der Waals surface area contributed by atoms with Gasteiger partial charge in [-0.2, -0.15) is 5.10 Å². The minimum absolute atomic E-state index is 0.0214. The van der Waals surface area contributed by atoms with Crippen LogP contribution in [0.3, 0.4) is 0 Å². The van der Waals surface area contributed by atoms with Gasteiger partial charge in [-0.15, -0.1) is 0 Å². The number of halogens is 1. The molecule has 96 valence electrons. The number of imidazole rings is 1. The summed E-state index contributed by atoms with van der Waals surface area (Å²) in [6, 6.07) is 10.9. The predicted molar refractivity (Wildman–Crippen MR) is 83.8 cm³/mol. The lowest BCUT2D eigenvalue weighted by atomic mass is 10.1. The van der Waals surface area contributed by atoms with Gasteiger partial charge in [0.2, 0.25) is 3.79 Å². The summed E-state index contributed by atoms with van der Waals surface area (Å²) in [6.07, 6.45) is 3.39. The van der Waals surface area contributed by atoms with Crippen LogP contribution in [0.15, 0.2) is 48.8 Å². The summed E-state index contributed by atoms with van der Waals surface area (Å²) in [5.41, 5.74) is 3.02. The third-order valence-electron chi connectivity index (χ3n) is 2.72. The molecule has 0 fully saturated rings. The van der Waals surface area contributed by atoms with Gasteiger partial charge in [0.15, 0.2) is 5.65 Å². The minimum atomic E-state index is 0.0214. The maximum absolute atomic E-state index is 11.2. The molecule has 20 heavy (non-hydrogen) atoms. The largest absolute Gasteiger partial charge is 0.282 e. The second-order valence-electron chi connectivity index (χ2n) is 4.04. The fourth-order valence-electron chi connectivity index (χ4n) is 1.74. The SMILES string of the molecule is O=C(I)c1ccc(C#Cc2cnc3cccnn23)cc1. The van der Waals surface area contributed by atoms with Gasteiger partial charge in [-0.25, -0.2) is 9.50 Å². The van der Waals surface area contributed by atoms with Gasteiger partial charge in [0, 0.05) is 39.9 Å². The van der Waals surface area contributed by atoms with Crippen LogP contribution in [0, 0.1) is 11.8 Å². The third kappa shape index (κ3) is 2.56. The first kappa shape index (κ1) is 12.8. The number of carbonyl (C=O) groups is 1. The van der Waals surface area contributed by atoms with E-state index in [4.69, 9.17) is 0 Å². The molecule has 0 aliphatic carbocycles. The molecule has 0 aliphatic heterocycles. The Morgan fingerprint density at radius 2 is 1.95 bits per heavy atom. The molecule has 5 heteroatoms. The maximum atomic E-state index is 11.2. The highest BCUT2D eigenvalue weighted by Crippen LogP contribution is 2.08. The zero-order valence-electron chi connectivity index (χ0n) is 10.2. The molecule has 3 rings (SSSR count). The van der Waals surface area contributed by atoms with E-state index in [1.54, 1.807) is 51.6 Å². The van der Waals surface area contributed by atoms with E-state index in [-0.39, 0.29) is 3.79 Å². The van der Waals surface area contributed by atoms with Crippen molar-refractivity contribution in [1.29, 1.82) is 0 Å². The maximum Gasteiger partial charge on any atom is 0.222 e. The molecule has 0 spiro atoms. The van der Waals surface area contributed by atoms with E-state index in [9.17, 15) is 4.79 Å². The number of rotatable bonds is 1. The Balaban J connectivity index is 1.93. The van der Waals surface area contributed by atoms with Crippen molar-refractivity contribution in [3.05, 3.63) is 65.6 Å². The van der Waals surface area contributed by atoms with Gasteiger partial charge in [-0.05, 0) is 42.3 Å². The van der Waals surface area contributed by atoms with Crippen molar-refractivity contribution in [3.63, 3.8) is 0 Å². The molecule has 3 aromatic rings. The summed E-state index contributed by atoms with van der Waals surface area (Å²) in [5, 5.41) is 4.20. The van der Waals surface area contributed by atoms with Crippen LogP contribution in [0.5, 0.6) is 0 Å². The van der Waals surface area contributed by atoms with E-state index in [1.807, 2.05) is 24.3 Å². The van der Waals surface area contributed by atoms with Gasteiger partial charge in [-0.1, -0.05) is 5.92 Å². The third-order valence-corrected chi connectivity index (χ3v) is 3.35. The molecule has 4 nitrogen and oxygen atoms in total. The van der Waals surface area contributed by atoms with Crippen LogP contribution >= 0.6 is 22.6 Å². The van der Waals surface area contributed by atoms with Crippen LogP contribution in [0.4, 0.5) is 0 Å². The van der Waals surface area contributed by atoms with Gasteiger partial charge in [0.25, 0.3) is 0 Å². The zero-order chi connectivity index (χ0) is 13.9. The van der Waals surface area contributed by atoms with Gasteiger partial charge in [0.05, 0.1) is 6.20 Å². The van der Waals surface area contributed by atoms with E-state index < -0.39 is 0 Å². The fourth-order valence-corrected chi connectivity index (χ4v) is 2.09. The first-order valence-corrected chi connectivity index (χ1v) is 6.92. The lowest BCUT2D eigenvalue weighted by molar-refractivity contribution is 0.110. The van der Waals surface area contributed by atoms with Crippen molar-refractivity contribution in [3.8, 4) is 11.8 Å². The molecule has 1 aromatic carbocycles. The highest BCUT2D eigenvalue weighted by atomic mass is 127. The Labute approximate surface area is 129 Å². The first-order valence-electron chi connectivity index (χ1n) is 5.85. The van der Waals surface area contributed by atoms with Crippen molar-refractivity contribution >= 4 is 32.0 Å². The molecule has 0 atom stereocenters. The molecule has 0 radical (unpaired) electrons. The van der Waals surface area contributed by atoms with Crippen molar-refractivity contribution in [1.82, 2.24) is 14.6 Å². The summed E-state index contributed by atoms with van der Waals surface area (Å²) in [5.74, 6) is 6.07. The van der Waals surface area contributed by atoms with E-state index in [2.05, 4.69) is 21.9 Å². The molecule has 0 amide bonds. The van der Waals surface area contributed by atoms with E-state index >= 15 is 0 Å². The average Bonchev–Trinajstić information content (AvgIpc) is 2.89. The van der Waals surface area contributed by atoms with E-state index in [0.29, 0.717) is 5.56 Å². The molecule has 0 saturated carbocycles. The quantitative estimate of drug-likeness (QED) is 0.375. The van der Waals surface area contributed by atoms with Crippen LogP contribution in [0.2, 0.25) is 0 Å². The molecular formula is C15H8IN3O. The fraction of sp³-hybridized carbons (Fsp3) is 0. The Morgan fingerprint density at radius 1 is 1.15 bits per heavy atom. The molecule has 0 aliphatic rings. The Bertz CT molecular complexity index is 841. The molecule has 0 saturated heterocycles. The topological polar surface area (TPSA) is 47.3 Å². The Kier molecular flexibility index (Phi) is 3.48. The van der Waals surface area contributed by atoms with Crippen LogP contribution in [0.25, 0.3) is 5.65 Å². The highest BCUT2D eigenvalue weighted by Gasteiger charge is 2.00. The van der Waals surface area contributed by atoms with Crippen LogP contribution in [0.1, 0.15) is 21.6 Å². The average molecular weight is 373 g/mol. The summed E-state index contributed by atoms with van der Waals surface area (Å²) in [7, 11) is 0. The van der Waals surface area contributed by atoms with Crippen LogP contribution < -0.4 is 0 Å². The standard InChI is InChI=1S/C15H8IN3O/c16-15(20)12-6-3-11(4-7-12)5-8-13-10-17-14-2-1-9-18-19(13)14/h1-4,6-7,9-10H. The number of hydrogen-bond donors (Lipinski definition) is 0. The molecule has 0 unspecified atom stereocenters. The van der Waals surface area contributed by atoms with Crippen molar-refractivity contribution in [2.45, 2.75) is 0 Å². The number of fused-ring (bicyclic) bond motifs is 1. The second kappa shape index (κ2) is 5.43. The van der Waals surface area contributed by atoms with Crippen molar-refractivity contribution in [2.75, 3.05) is 0 Å². The summed E-state index contributed by atoms with van der Waals surface area (Å²) < 4.78 is 1.71. The predicted octanol–water partition coefficient (Wildman–Crippen LogP) is 2.70. The second-order valence-corrected chi connectivity index (χ2v) is 5.02. The van der Waals surface area contributed by atoms with Crippen molar-refractivity contribution in [2.24, 2.45) is 0 Å². The van der Waals surface area contributed by atoms with Crippen LogP contribution in [-0.4, -0.2) is 18.4 Å². The highest BCUT2D eigenvalue weighted by molar-refractivity contribution is 14.1. The number of hydrogen-bond acceptors (Lipinski definition) is 3. The molecular weight excluding hydrogens is 365 g/mol. The number of aromatic nitrogens is 3. The van der Waals surface area contributed by atoms with E-state index in [1.165, 1.54) is 0 Å². The van der Waals surface area contributed by atoms with Gasteiger partial charge < -0.3 is 0 Å². The smallest absolute Gasteiger partial charge is 0.222 e. The minimum Gasteiger partial charge on any atom is -0.282 e. The monoisotopic (exact) mass is 373 g/mol. The van der Waals surface area contributed by atoms with Gasteiger partial charge in [-0.3, -0.25) is 4.79 Å². The number of benzene rings is 1. The Morgan fingerprint density at radius 3 is 2.70 bits per heavy atom. The molecule has 2 heterocycles. The normalized spacial score (nSPS) is 10.1. The number of nitrogens with zero attached hydrogens (tertiary/aromatic N) is 3. The van der Waals surface area contributed by atoms with Gasteiger partial charge >= 0.3 is 0 Å². The number of carbonyl (C=O) groups excluding carboxylic acids is 1. The summed E-state index contributed by atoms with van der Waals surface area (Å²) >= 11 is 1.76.